The molecule has 0 unspecified atom stereocenters. The van der Waals surface area contributed by atoms with Gasteiger partial charge < -0.3 is 5.73 Å². The second kappa shape index (κ2) is 5.52. The van der Waals surface area contributed by atoms with Gasteiger partial charge in [0.15, 0.2) is 0 Å². The molecule has 0 radical (unpaired) electrons. The SMILES string of the molecule is CCC1(C)CCN(S(=O)(=O)c2ccc(CN)s2)CC1. The molecule has 4 nitrogen and oxygen atoms in total. The molecule has 2 N–H and O–H groups in total. The summed E-state index contributed by atoms with van der Waals surface area (Å²) in [5.74, 6) is 0. The molecule has 1 aromatic rings. The molecule has 0 bridgehead atoms. The van der Waals surface area contributed by atoms with E-state index in [1.54, 1.807) is 16.4 Å². The number of nitrogens with two attached hydrogens (primary N) is 1. The van der Waals surface area contributed by atoms with Gasteiger partial charge in [-0.2, -0.15) is 4.31 Å². The lowest BCUT2D eigenvalue weighted by molar-refractivity contribution is 0.169. The molecule has 0 atom stereocenters. The number of nitrogens with zero attached hydrogens (tertiary/aromatic N) is 1. The Bertz CT molecular complexity index is 529. The van der Waals surface area contributed by atoms with Gasteiger partial charge in [-0.15, -0.1) is 11.3 Å². The molecule has 19 heavy (non-hydrogen) atoms. The topological polar surface area (TPSA) is 63.4 Å². The van der Waals surface area contributed by atoms with Crippen molar-refractivity contribution in [2.45, 2.75) is 43.9 Å². The van der Waals surface area contributed by atoms with Crippen LogP contribution in [0, 0.1) is 5.41 Å². The van der Waals surface area contributed by atoms with Crippen molar-refractivity contribution in [3.8, 4) is 0 Å². The second-order valence-corrected chi connectivity index (χ2v) is 8.83. The molecular formula is C13H22N2O2S2. The zero-order chi connectivity index (χ0) is 14.1. The van der Waals surface area contributed by atoms with Crippen LogP contribution >= 0.6 is 11.3 Å². The largest absolute Gasteiger partial charge is 0.326 e. The Morgan fingerprint density at radius 1 is 1.37 bits per heavy atom. The molecule has 1 aliphatic rings. The number of hydrogen-bond donors (Lipinski definition) is 1. The van der Waals surface area contributed by atoms with Gasteiger partial charge in [0.2, 0.25) is 0 Å². The zero-order valence-corrected chi connectivity index (χ0v) is 13.2. The predicted molar refractivity (Wildman–Crippen MR) is 78.6 cm³/mol. The van der Waals surface area contributed by atoms with Crippen LogP contribution in [0.3, 0.4) is 0 Å². The molecule has 1 fully saturated rings. The Morgan fingerprint density at radius 3 is 2.47 bits per heavy atom. The predicted octanol–water partition coefficient (Wildman–Crippen LogP) is 2.41. The minimum atomic E-state index is -3.31. The number of sulfonamides is 1. The van der Waals surface area contributed by atoms with E-state index in [1.165, 1.54) is 11.3 Å². The van der Waals surface area contributed by atoms with E-state index >= 15 is 0 Å². The fraction of sp³-hybridized carbons (Fsp3) is 0.692. The maximum absolute atomic E-state index is 12.5. The highest BCUT2D eigenvalue weighted by atomic mass is 32.2. The molecule has 2 heterocycles. The quantitative estimate of drug-likeness (QED) is 0.929. The Balaban J connectivity index is 2.14. The molecule has 1 aromatic heterocycles. The molecule has 108 valence electrons. The fourth-order valence-corrected chi connectivity index (χ4v) is 5.18. The van der Waals surface area contributed by atoms with Gasteiger partial charge >= 0.3 is 0 Å². The van der Waals surface area contributed by atoms with Crippen LogP contribution in [0.25, 0.3) is 0 Å². The molecule has 1 aliphatic heterocycles. The fourth-order valence-electron chi connectivity index (χ4n) is 2.35. The van der Waals surface area contributed by atoms with Crippen LogP contribution in [0.15, 0.2) is 16.3 Å². The molecule has 0 aromatic carbocycles. The van der Waals surface area contributed by atoms with Crippen molar-refractivity contribution in [2.75, 3.05) is 13.1 Å². The Labute approximate surface area is 119 Å². The summed E-state index contributed by atoms with van der Waals surface area (Å²) < 4.78 is 27.1. The Kier molecular flexibility index (Phi) is 4.35. The number of thiophene rings is 1. The summed E-state index contributed by atoms with van der Waals surface area (Å²) >= 11 is 1.28. The Morgan fingerprint density at radius 2 is 2.00 bits per heavy atom. The first kappa shape index (κ1) is 15.0. The summed E-state index contributed by atoms with van der Waals surface area (Å²) in [5, 5.41) is 0. The minimum absolute atomic E-state index is 0.296. The maximum Gasteiger partial charge on any atom is 0.252 e. The highest BCUT2D eigenvalue weighted by molar-refractivity contribution is 7.91. The van der Waals surface area contributed by atoms with E-state index in [-0.39, 0.29) is 0 Å². The van der Waals surface area contributed by atoms with E-state index in [4.69, 9.17) is 5.73 Å². The van der Waals surface area contributed by atoms with Gasteiger partial charge in [-0.05, 0) is 30.4 Å². The lowest BCUT2D eigenvalue weighted by Crippen LogP contribution is -2.41. The van der Waals surface area contributed by atoms with E-state index in [0.29, 0.717) is 29.3 Å². The number of piperidine rings is 1. The van der Waals surface area contributed by atoms with Crippen molar-refractivity contribution in [1.29, 1.82) is 0 Å². The average Bonchev–Trinajstić information content (AvgIpc) is 2.89. The van der Waals surface area contributed by atoms with Gasteiger partial charge in [-0.3, -0.25) is 0 Å². The minimum Gasteiger partial charge on any atom is -0.326 e. The average molecular weight is 302 g/mol. The van der Waals surface area contributed by atoms with Gasteiger partial charge in [0.05, 0.1) is 0 Å². The maximum atomic E-state index is 12.5. The van der Waals surface area contributed by atoms with Crippen LogP contribution in [0.1, 0.15) is 38.0 Å². The molecular weight excluding hydrogens is 280 g/mol. The zero-order valence-electron chi connectivity index (χ0n) is 11.6. The normalized spacial score (nSPS) is 20.6. The van der Waals surface area contributed by atoms with Gasteiger partial charge in [0.25, 0.3) is 10.0 Å². The second-order valence-electron chi connectivity index (χ2n) is 5.49. The smallest absolute Gasteiger partial charge is 0.252 e. The summed E-state index contributed by atoms with van der Waals surface area (Å²) in [7, 11) is -3.31. The summed E-state index contributed by atoms with van der Waals surface area (Å²) in [4.78, 5) is 0.911. The van der Waals surface area contributed by atoms with E-state index < -0.39 is 10.0 Å². The number of hydrogen-bond acceptors (Lipinski definition) is 4. The lowest BCUT2D eigenvalue weighted by atomic mass is 9.79. The third-order valence-corrected chi connectivity index (χ3v) is 7.69. The molecule has 6 heteroatoms. The van der Waals surface area contributed by atoms with Crippen LogP contribution in [-0.4, -0.2) is 25.8 Å². The van der Waals surface area contributed by atoms with Gasteiger partial charge in [0.1, 0.15) is 4.21 Å². The third kappa shape index (κ3) is 3.02. The molecule has 0 amide bonds. The molecule has 0 spiro atoms. The molecule has 1 saturated heterocycles. The monoisotopic (exact) mass is 302 g/mol. The van der Waals surface area contributed by atoms with Crippen molar-refractivity contribution in [3.05, 3.63) is 17.0 Å². The van der Waals surface area contributed by atoms with E-state index in [9.17, 15) is 8.42 Å². The van der Waals surface area contributed by atoms with Gasteiger partial charge in [-0.1, -0.05) is 20.3 Å². The van der Waals surface area contributed by atoms with Crippen molar-refractivity contribution in [2.24, 2.45) is 11.1 Å². The summed E-state index contributed by atoms with van der Waals surface area (Å²) in [6, 6.07) is 3.48. The van der Waals surface area contributed by atoms with E-state index in [0.717, 1.165) is 24.1 Å². The lowest BCUT2D eigenvalue weighted by Gasteiger charge is -2.37. The van der Waals surface area contributed by atoms with Gasteiger partial charge in [0, 0.05) is 24.5 Å². The first-order valence-electron chi connectivity index (χ1n) is 6.70. The van der Waals surface area contributed by atoms with Crippen LogP contribution in [0.2, 0.25) is 0 Å². The first-order chi connectivity index (χ1) is 8.91. The molecule has 2 rings (SSSR count). The standard InChI is InChI=1S/C13H22N2O2S2/c1-3-13(2)6-8-15(9-7-13)19(16,17)12-5-4-11(10-14)18-12/h4-5H,3,6-10,14H2,1-2H3. The number of rotatable bonds is 4. The van der Waals surface area contributed by atoms with Crippen LogP contribution in [0.5, 0.6) is 0 Å². The molecule has 0 aliphatic carbocycles. The van der Waals surface area contributed by atoms with Crippen LogP contribution in [0.4, 0.5) is 0 Å². The summed E-state index contributed by atoms with van der Waals surface area (Å²) in [5.41, 5.74) is 5.84. The van der Waals surface area contributed by atoms with Crippen molar-refractivity contribution in [1.82, 2.24) is 4.31 Å². The van der Waals surface area contributed by atoms with Crippen molar-refractivity contribution in [3.63, 3.8) is 0 Å². The summed E-state index contributed by atoms with van der Waals surface area (Å²) in [6.45, 7) is 6.07. The van der Waals surface area contributed by atoms with Crippen LogP contribution in [-0.2, 0) is 16.6 Å². The first-order valence-corrected chi connectivity index (χ1v) is 8.96. The van der Waals surface area contributed by atoms with Gasteiger partial charge in [-0.25, -0.2) is 8.42 Å². The highest BCUT2D eigenvalue weighted by Gasteiger charge is 2.34. The van der Waals surface area contributed by atoms with Crippen molar-refractivity contribution < 1.29 is 8.42 Å². The Hall–Kier alpha value is -0.430. The van der Waals surface area contributed by atoms with E-state index in [1.807, 2.05) is 0 Å². The molecule has 0 saturated carbocycles. The highest BCUT2D eigenvalue weighted by Crippen LogP contribution is 2.36. The van der Waals surface area contributed by atoms with E-state index in [2.05, 4.69) is 13.8 Å². The third-order valence-electron chi connectivity index (χ3n) is 4.22. The summed E-state index contributed by atoms with van der Waals surface area (Å²) in [6.07, 6.45) is 2.99. The van der Waals surface area contributed by atoms with Crippen molar-refractivity contribution >= 4 is 21.4 Å². The van der Waals surface area contributed by atoms with Crippen LogP contribution < -0.4 is 5.73 Å².